The van der Waals surface area contributed by atoms with E-state index in [1.54, 1.807) is 0 Å². The zero-order chi connectivity index (χ0) is 9.59. The van der Waals surface area contributed by atoms with Gasteiger partial charge in [-0.15, -0.1) is 10.2 Å². The number of hydrazine groups is 1. The zero-order valence-electron chi connectivity index (χ0n) is 6.68. The maximum atomic E-state index is 12.9. The summed E-state index contributed by atoms with van der Waals surface area (Å²) in [5.74, 6) is -3.44. The minimum atomic E-state index is -2.30. The maximum Gasteiger partial charge on any atom is 0.271 e. The van der Waals surface area contributed by atoms with Gasteiger partial charge in [-0.2, -0.15) is 4.39 Å². The van der Waals surface area contributed by atoms with Crippen LogP contribution in [0, 0.1) is 0 Å². The predicted molar refractivity (Wildman–Crippen MR) is 36.6 cm³/mol. The summed E-state index contributed by atoms with van der Waals surface area (Å²) in [7, 11) is 0. The van der Waals surface area contributed by atoms with Crippen molar-refractivity contribution in [3.05, 3.63) is 11.8 Å². The summed E-state index contributed by atoms with van der Waals surface area (Å²) in [6.45, 7) is 0. The van der Waals surface area contributed by atoms with Crippen molar-refractivity contribution >= 4 is 0 Å². The summed E-state index contributed by atoms with van der Waals surface area (Å²) in [5, 5.41) is -0.0992. The molecule has 0 bridgehead atoms. The van der Waals surface area contributed by atoms with Crippen LogP contribution < -0.4 is 0 Å². The van der Waals surface area contributed by atoms with Gasteiger partial charge in [0.05, 0.1) is 0 Å². The number of hydrogen-bond acceptors (Lipinski definition) is 2. The Bertz CT molecular complexity index is 233. The molecule has 1 unspecified atom stereocenters. The van der Waals surface area contributed by atoms with E-state index < -0.39 is 29.3 Å². The smallest absolute Gasteiger partial charge is 0.220 e. The van der Waals surface area contributed by atoms with Gasteiger partial charge in [0.1, 0.15) is 0 Å². The highest BCUT2D eigenvalue weighted by molar-refractivity contribution is 5.09. The van der Waals surface area contributed by atoms with Crippen LogP contribution in [0.3, 0.4) is 0 Å². The van der Waals surface area contributed by atoms with E-state index in [0.717, 1.165) is 6.42 Å². The van der Waals surface area contributed by atoms with Gasteiger partial charge in [0, 0.05) is 6.04 Å². The molecule has 0 radical (unpaired) electrons. The third-order valence-corrected chi connectivity index (χ3v) is 2.45. The maximum absolute atomic E-state index is 12.9. The van der Waals surface area contributed by atoms with Crippen molar-refractivity contribution in [3.8, 4) is 0 Å². The topological polar surface area (TPSA) is 6.48 Å². The Morgan fingerprint density at radius 3 is 2.15 bits per heavy atom. The van der Waals surface area contributed by atoms with Gasteiger partial charge in [-0.25, -0.2) is 8.78 Å². The van der Waals surface area contributed by atoms with Crippen molar-refractivity contribution in [3.63, 3.8) is 0 Å². The van der Waals surface area contributed by atoms with Crippen LogP contribution in [0.25, 0.3) is 0 Å². The molecule has 0 amide bonds. The molecule has 2 aliphatic rings. The summed E-state index contributed by atoms with van der Waals surface area (Å²) in [4.78, 5) is 0. The summed E-state index contributed by atoms with van der Waals surface area (Å²) in [6.07, 6.45) is -0.316. The van der Waals surface area contributed by atoms with E-state index in [1.165, 1.54) is 0 Å². The average Bonchev–Trinajstić information content (AvgIpc) is 2.19. The fraction of sp³-hybridized carbons (Fsp3) is 0.714. The van der Waals surface area contributed by atoms with E-state index >= 15 is 0 Å². The molecular weight excluding hydrogens is 188 g/mol. The normalized spacial score (nSPS) is 31.4. The van der Waals surface area contributed by atoms with Crippen LogP contribution >= 0.6 is 0 Å². The molecular formula is C7H8F4N2. The molecule has 0 aromatic carbocycles. The zero-order valence-corrected chi connectivity index (χ0v) is 6.68. The third kappa shape index (κ3) is 1.12. The highest BCUT2D eigenvalue weighted by atomic mass is 19.2. The molecule has 6 heteroatoms. The Morgan fingerprint density at radius 2 is 1.85 bits per heavy atom. The van der Waals surface area contributed by atoms with Gasteiger partial charge < -0.3 is 0 Å². The highest BCUT2D eigenvalue weighted by Crippen LogP contribution is 2.38. The standard InChI is InChI=1S/C7H8F4N2/c8-5-6(9)12(4-2-1-3-4)13(11)7(5)10/h4,6H,1-3H2. The van der Waals surface area contributed by atoms with Gasteiger partial charge in [0.25, 0.3) is 5.95 Å². The summed E-state index contributed by atoms with van der Waals surface area (Å²) >= 11 is 0. The monoisotopic (exact) mass is 196 g/mol. The number of nitrogens with zero attached hydrogens (tertiary/aromatic N) is 2. The van der Waals surface area contributed by atoms with E-state index in [2.05, 4.69) is 0 Å². The van der Waals surface area contributed by atoms with Gasteiger partial charge in [0.15, 0.2) is 0 Å². The van der Waals surface area contributed by atoms with Crippen molar-refractivity contribution in [2.75, 3.05) is 0 Å². The SMILES string of the molecule is FC1=C(F)N(F)N(C2CCC2)C1F. The number of alkyl halides is 1. The molecule has 1 fully saturated rings. The Balaban J connectivity index is 2.15. The second-order valence-corrected chi connectivity index (χ2v) is 3.20. The van der Waals surface area contributed by atoms with Crippen molar-refractivity contribution in [1.82, 2.24) is 10.2 Å². The molecule has 0 spiro atoms. The quantitative estimate of drug-likeness (QED) is 0.361. The van der Waals surface area contributed by atoms with Crippen LogP contribution in [0.5, 0.6) is 0 Å². The van der Waals surface area contributed by atoms with Crippen LogP contribution in [0.2, 0.25) is 0 Å². The molecule has 1 heterocycles. The van der Waals surface area contributed by atoms with Gasteiger partial charge in [0.2, 0.25) is 12.1 Å². The van der Waals surface area contributed by atoms with E-state index in [0.29, 0.717) is 17.9 Å². The molecule has 2 nitrogen and oxygen atoms in total. The Kier molecular flexibility index (Phi) is 1.94. The fourth-order valence-corrected chi connectivity index (χ4v) is 1.47. The lowest BCUT2D eigenvalue weighted by Gasteiger charge is -2.36. The lowest BCUT2D eigenvalue weighted by atomic mass is 9.92. The number of halogens is 4. The van der Waals surface area contributed by atoms with Crippen LogP contribution in [-0.2, 0) is 0 Å². The number of hydrogen-bond donors (Lipinski definition) is 0. The molecule has 1 saturated carbocycles. The molecule has 2 rings (SSSR count). The summed E-state index contributed by atoms with van der Waals surface area (Å²) in [6, 6.07) is -0.418. The van der Waals surface area contributed by atoms with Crippen molar-refractivity contribution in [2.45, 2.75) is 31.6 Å². The Morgan fingerprint density at radius 1 is 1.23 bits per heavy atom. The Hall–Kier alpha value is -0.780. The second kappa shape index (κ2) is 2.87. The lowest BCUT2D eigenvalue weighted by Crippen LogP contribution is -2.47. The van der Waals surface area contributed by atoms with Crippen molar-refractivity contribution < 1.29 is 17.7 Å². The van der Waals surface area contributed by atoms with Gasteiger partial charge in [-0.1, -0.05) is 10.9 Å². The average molecular weight is 196 g/mol. The van der Waals surface area contributed by atoms with Gasteiger partial charge >= 0.3 is 0 Å². The molecule has 0 N–H and O–H groups in total. The fourth-order valence-electron chi connectivity index (χ4n) is 1.47. The largest absolute Gasteiger partial charge is 0.271 e. The minimum absolute atomic E-state index is 0.418. The molecule has 13 heavy (non-hydrogen) atoms. The summed E-state index contributed by atoms with van der Waals surface area (Å²) in [5.41, 5.74) is 0. The van der Waals surface area contributed by atoms with Crippen LogP contribution in [-0.4, -0.2) is 22.6 Å². The molecule has 1 aliphatic carbocycles. The molecule has 0 saturated heterocycles. The van der Waals surface area contributed by atoms with E-state index in [1.807, 2.05) is 0 Å². The van der Waals surface area contributed by atoms with E-state index in [-0.39, 0.29) is 0 Å². The minimum Gasteiger partial charge on any atom is -0.220 e. The first-order valence-corrected chi connectivity index (χ1v) is 4.06. The molecule has 74 valence electrons. The molecule has 1 atom stereocenters. The van der Waals surface area contributed by atoms with Crippen molar-refractivity contribution in [1.29, 1.82) is 0 Å². The first kappa shape index (κ1) is 8.80. The third-order valence-electron chi connectivity index (χ3n) is 2.45. The number of rotatable bonds is 1. The second-order valence-electron chi connectivity index (χ2n) is 3.20. The first-order chi connectivity index (χ1) is 6.13. The van der Waals surface area contributed by atoms with E-state index in [9.17, 15) is 17.7 Å². The van der Waals surface area contributed by atoms with Crippen LogP contribution in [0.15, 0.2) is 11.8 Å². The van der Waals surface area contributed by atoms with Crippen molar-refractivity contribution in [2.24, 2.45) is 0 Å². The molecule has 0 aromatic rings. The van der Waals surface area contributed by atoms with Crippen LogP contribution in [0.1, 0.15) is 19.3 Å². The first-order valence-electron chi connectivity index (χ1n) is 4.06. The van der Waals surface area contributed by atoms with E-state index in [4.69, 9.17) is 0 Å². The lowest BCUT2D eigenvalue weighted by molar-refractivity contribution is -0.208. The molecule has 0 aromatic heterocycles. The highest BCUT2D eigenvalue weighted by Gasteiger charge is 2.46. The summed E-state index contributed by atoms with van der Waals surface area (Å²) < 4.78 is 50.8. The van der Waals surface area contributed by atoms with Gasteiger partial charge in [-0.3, -0.25) is 0 Å². The van der Waals surface area contributed by atoms with Gasteiger partial charge in [-0.05, 0) is 12.8 Å². The molecule has 1 aliphatic heterocycles. The predicted octanol–water partition coefficient (Wildman–Crippen LogP) is 2.36. The van der Waals surface area contributed by atoms with Crippen LogP contribution in [0.4, 0.5) is 17.7 Å². The Labute approximate surface area is 72.3 Å².